The number of benzene rings is 2. The van der Waals surface area contributed by atoms with Gasteiger partial charge < -0.3 is 15.6 Å². The lowest BCUT2D eigenvalue weighted by atomic mass is 10.1. The first-order valence-corrected chi connectivity index (χ1v) is 6.47. The van der Waals surface area contributed by atoms with Crippen molar-refractivity contribution in [2.45, 2.75) is 6.54 Å². The van der Waals surface area contributed by atoms with E-state index in [0.717, 1.165) is 5.69 Å². The maximum Gasteiger partial charge on any atom is 0.148 e. The second-order valence-corrected chi connectivity index (χ2v) is 4.87. The number of fused-ring (bicyclic) bond motifs is 1. The summed E-state index contributed by atoms with van der Waals surface area (Å²) in [6, 6.07) is 13.0. The van der Waals surface area contributed by atoms with Crippen LogP contribution in [0.2, 0.25) is 0 Å². The zero-order chi connectivity index (χ0) is 14.1. The maximum atomic E-state index is 13.4. The van der Waals surface area contributed by atoms with Gasteiger partial charge in [-0.25, -0.2) is 4.39 Å². The third-order valence-electron chi connectivity index (χ3n) is 3.46. The van der Waals surface area contributed by atoms with Crippen molar-refractivity contribution < 1.29 is 4.39 Å². The number of rotatable bonds is 3. The van der Waals surface area contributed by atoms with E-state index < -0.39 is 5.82 Å². The standard InChI is InChI=1S/C16H16FN3/c1-20-10-11(13-4-2-3-5-16(13)20)9-19-12-6-7-15(18)14(17)8-12/h2-8,10,19H,9,18H2,1H3. The summed E-state index contributed by atoms with van der Waals surface area (Å²) >= 11 is 0. The smallest absolute Gasteiger partial charge is 0.148 e. The molecule has 0 saturated heterocycles. The van der Waals surface area contributed by atoms with Crippen molar-refractivity contribution in [3.8, 4) is 0 Å². The lowest BCUT2D eigenvalue weighted by Crippen LogP contribution is -2.00. The van der Waals surface area contributed by atoms with Gasteiger partial charge in [0.1, 0.15) is 5.82 Å². The van der Waals surface area contributed by atoms with Crippen LogP contribution in [0.25, 0.3) is 10.9 Å². The second-order valence-electron chi connectivity index (χ2n) is 4.87. The van der Waals surface area contributed by atoms with Gasteiger partial charge in [0.25, 0.3) is 0 Å². The van der Waals surface area contributed by atoms with Crippen molar-refractivity contribution in [3.05, 3.63) is 60.0 Å². The molecule has 0 amide bonds. The average Bonchev–Trinajstić information content (AvgIpc) is 2.78. The molecule has 0 unspecified atom stereocenters. The number of para-hydroxylation sites is 1. The Kier molecular flexibility index (Phi) is 3.06. The summed E-state index contributed by atoms with van der Waals surface area (Å²) in [5, 5.41) is 4.43. The normalized spacial score (nSPS) is 10.9. The highest BCUT2D eigenvalue weighted by Gasteiger charge is 2.06. The Balaban J connectivity index is 1.85. The van der Waals surface area contributed by atoms with Crippen molar-refractivity contribution in [2.75, 3.05) is 11.1 Å². The molecule has 0 saturated carbocycles. The van der Waals surface area contributed by atoms with Crippen LogP contribution in [-0.2, 0) is 13.6 Å². The van der Waals surface area contributed by atoms with Crippen molar-refractivity contribution in [1.29, 1.82) is 0 Å². The Morgan fingerprint density at radius 3 is 2.80 bits per heavy atom. The molecule has 2 aromatic carbocycles. The van der Waals surface area contributed by atoms with Gasteiger partial charge in [0.2, 0.25) is 0 Å². The van der Waals surface area contributed by atoms with Crippen molar-refractivity contribution >= 4 is 22.3 Å². The fourth-order valence-corrected chi connectivity index (χ4v) is 2.40. The number of aryl methyl sites for hydroxylation is 1. The number of halogens is 1. The summed E-state index contributed by atoms with van der Waals surface area (Å²) in [5.74, 6) is -0.395. The minimum absolute atomic E-state index is 0.167. The van der Waals surface area contributed by atoms with E-state index in [1.165, 1.54) is 22.5 Å². The van der Waals surface area contributed by atoms with Crippen LogP contribution < -0.4 is 11.1 Å². The quantitative estimate of drug-likeness (QED) is 0.714. The van der Waals surface area contributed by atoms with Gasteiger partial charge in [-0.2, -0.15) is 0 Å². The van der Waals surface area contributed by atoms with Gasteiger partial charge in [-0.3, -0.25) is 0 Å². The van der Waals surface area contributed by atoms with Gasteiger partial charge in [0.15, 0.2) is 0 Å². The highest BCUT2D eigenvalue weighted by molar-refractivity contribution is 5.84. The molecular formula is C16H16FN3. The fourth-order valence-electron chi connectivity index (χ4n) is 2.40. The van der Waals surface area contributed by atoms with Crippen molar-refractivity contribution in [1.82, 2.24) is 4.57 Å². The summed E-state index contributed by atoms with van der Waals surface area (Å²) in [7, 11) is 2.02. The van der Waals surface area contributed by atoms with Crippen molar-refractivity contribution in [2.24, 2.45) is 7.05 Å². The molecule has 20 heavy (non-hydrogen) atoms. The molecule has 1 aromatic heterocycles. The molecule has 4 heteroatoms. The average molecular weight is 269 g/mol. The number of nitrogens with two attached hydrogens (primary N) is 1. The molecule has 102 valence electrons. The molecule has 0 bridgehead atoms. The highest BCUT2D eigenvalue weighted by atomic mass is 19.1. The molecule has 3 N–H and O–H groups in total. The third-order valence-corrected chi connectivity index (χ3v) is 3.46. The lowest BCUT2D eigenvalue weighted by molar-refractivity contribution is 0.633. The van der Waals surface area contributed by atoms with Crippen LogP contribution in [0.5, 0.6) is 0 Å². The number of nitrogen functional groups attached to an aromatic ring is 1. The zero-order valence-electron chi connectivity index (χ0n) is 11.2. The van der Waals surface area contributed by atoms with E-state index in [1.54, 1.807) is 12.1 Å². The Labute approximate surface area is 116 Å². The highest BCUT2D eigenvalue weighted by Crippen LogP contribution is 2.22. The van der Waals surface area contributed by atoms with Gasteiger partial charge in [0, 0.05) is 36.4 Å². The van der Waals surface area contributed by atoms with E-state index >= 15 is 0 Å². The van der Waals surface area contributed by atoms with E-state index in [1.807, 2.05) is 19.2 Å². The minimum atomic E-state index is -0.395. The first-order valence-electron chi connectivity index (χ1n) is 6.47. The molecule has 0 atom stereocenters. The minimum Gasteiger partial charge on any atom is -0.396 e. The van der Waals surface area contributed by atoms with E-state index in [0.29, 0.717) is 6.54 Å². The SMILES string of the molecule is Cn1cc(CNc2ccc(N)c(F)c2)c2ccccc21. The molecule has 0 radical (unpaired) electrons. The molecule has 1 heterocycles. The summed E-state index contributed by atoms with van der Waals surface area (Å²) in [6.45, 7) is 0.644. The number of nitrogens with one attached hydrogen (secondary N) is 1. The Morgan fingerprint density at radius 1 is 1.20 bits per heavy atom. The zero-order valence-corrected chi connectivity index (χ0v) is 11.2. The number of hydrogen-bond acceptors (Lipinski definition) is 2. The van der Waals surface area contributed by atoms with Crippen LogP contribution in [0.4, 0.5) is 15.8 Å². The number of nitrogens with zero attached hydrogens (tertiary/aromatic N) is 1. The van der Waals surface area contributed by atoms with Crippen molar-refractivity contribution in [3.63, 3.8) is 0 Å². The van der Waals surface area contributed by atoms with E-state index in [-0.39, 0.29) is 5.69 Å². The lowest BCUT2D eigenvalue weighted by Gasteiger charge is -2.06. The third kappa shape index (κ3) is 2.20. The molecule has 0 aliphatic rings. The molecule has 0 aliphatic carbocycles. The van der Waals surface area contributed by atoms with Crippen LogP contribution in [0, 0.1) is 5.82 Å². The summed E-state index contributed by atoms with van der Waals surface area (Å²) in [6.07, 6.45) is 2.09. The molecule has 3 aromatic rings. The molecular weight excluding hydrogens is 253 g/mol. The number of aromatic nitrogens is 1. The Morgan fingerprint density at radius 2 is 2.00 bits per heavy atom. The fraction of sp³-hybridized carbons (Fsp3) is 0.125. The van der Waals surface area contributed by atoms with Crippen LogP contribution in [-0.4, -0.2) is 4.57 Å². The van der Waals surface area contributed by atoms with Crippen LogP contribution >= 0.6 is 0 Å². The van der Waals surface area contributed by atoms with E-state index in [9.17, 15) is 4.39 Å². The second kappa shape index (κ2) is 4.89. The molecule has 0 aliphatic heterocycles. The topological polar surface area (TPSA) is 43.0 Å². The molecule has 3 rings (SSSR count). The largest absolute Gasteiger partial charge is 0.396 e. The van der Waals surface area contributed by atoms with Gasteiger partial charge in [-0.05, 0) is 29.8 Å². The number of hydrogen-bond donors (Lipinski definition) is 2. The van der Waals surface area contributed by atoms with Gasteiger partial charge in [-0.1, -0.05) is 18.2 Å². The maximum absolute atomic E-state index is 13.4. The van der Waals surface area contributed by atoms with Gasteiger partial charge >= 0.3 is 0 Å². The Bertz CT molecular complexity index is 762. The summed E-state index contributed by atoms with van der Waals surface area (Å²) in [5.41, 5.74) is 8.73. The molecule has 3 nitrogen and oxygen atoms in total. The van der Waals surface area contributed by atoms with Crippen LogP contribution in [0.3, 0.4) is 0 Å². The first-order chi connectivity index (χ1) is 9.65. The molecule has 0 fully saturated rings. The van der Waals surface area contributed by atoms with E-state index in [2.05, 4.69) is 28.2 Å². The Hall–Kier alpha value is -2.49. The molecule has 0 spiro atoms. The summed E-state index contributed by atoms with van der Waals surface area (Å²) < 4.78 is 15.5. The van der Waals surface area contributed by atoms with Gasteiger partial charge in [-0.15, -0.1) is 0 Å². The predicted molar refractivity (Wildman–Crippen MR) is 81.1 cm³/mol. The monoisotopic (exact) mass is 269 g/mol. The number of anilines is 2. The first kappa shape index (κ1) is 12.5. The van der Waals surface area contributed by atoms with Gasteiger partial charge in [0.05, 0.1) is 5.69 Å². The van der Waals surface area contributed by atoms with Crippen LogP contribution in [0.15, 0.2) is 48.7 Å². The summed E-state index contributed by atoms with van der Waals surface area (Å²) in [4.78, 5) is 0. The van der Waals surface area contributed by atoms with Crippen LogP contribution in [0.1, 0.15) is 5.56 Å². The van der Waals surface area contributed by atoms with E-state index in [4.69, 9.17) is 5.73 Å². The predicted octanol–water partition coefficient (Wildman–Crippen LogP) is 3.51.